The molecule has 0 spiro atoms. The van der Waals surface area contributed by atoms with Gasteiger partial charge in [0.05, 0.1) is 0 Å². The molecule has 0 bridgehead atoms. The number of esters is 3. The van der Waals surface area contributed by atoms with Gasteiger partial charge in [0, 0.05) is 19.3 Å². The Morgan fingerprint density at radius 2 is 0.520 bits per heavy atom. The Balaban J connectivity index is 4.35. The predicted molar refractivity (Wildman–Crippen MR) is 325 cm³/mol. The van der Waals surface area contributed by atoms with Crippen molar-refractivity contribution in [1.29, 1.82) is 0 Å². The highest BCUT2D eigenvalue weighted by Crippen LogP contribution is 2.17. The maximum atomic E-state index is 12.9. The molecule has 0 N–H and O–H groups in total. The molecule has 0 aliphatic carbocycles. The van der Waals surface area contributed by atoms with Crippen LogP contribution in [0, 0.1) is 0 Å². The zero-order valence-corrected chi connectivity index (χ0v) is 49.8. The highest BCUT2D eigenvalue weighted by Gasteiger charge is 2.19. The summed E-state index contributed by atoms with van der Waals surface area (Å²) in [4.78, 5) is 38.3. The Labute approximate surface area is 465 Å². The van der Waals surface area contributed by atoms with Crippen LogP contribution in [-0.2, 0) is 28.6 Å². The molecule has 0 heterocycles. The van der Waals surface area contributed by atoms with Gasteiger partial charge in [-0.05, 0) is 70.6 Å². The quantitative estimate of drug-likeness (QED) is 0.0261. The first-order valence-corrected chi connectivity index (χ1v) is 32.4. The highest BCUT2D eigenvalue weighted by atomic mass is 16.6. The van der Waals surface area contributed by atoms with Crippen LogP contribution < -0.4 is 0 Å². The molecule has 0 aromatic rings. The van der Waals surface area contributed by atoms with E-state index < -0.39 is 6.10 Å². The molecule has 434 valence electrons. The van der Waals surface area contributed by atoms with Crippen LogP contribution in [0.4, 0.5) is 0 Å². The summed E-state index contributed by atoms with van der Waals surface area (Å²) in [6.45, 7) is 6.56. The minimum atomic E-state index is -0.779. The average Bonchev–Trinajstić information content (AvgIpc) is 3.41. The van der Waals surface area contributed by atoms with Gasteiger partial charge in [0.1, 0.15) is 13.2 Å². The van der Waals surface area contributed by atoms with Crippen LogP contribution in [0.15, 0.2) is 72.9 Å². The van der Waals surface area contributed by atoms with Crippen molar-refractivity contribution in [2.75, 3.05) is 13.2 Å². The van der Waals surface area contributed by atoms with E-state index in [1.54, 1.807) is 0 Å². The summed E-state index contributed by atoms with van der Waals surface area (Å²) >= 11 is 0. The molecule has 6 heteroatoms. The Hall–Kier alpha value is -3.15. The zero-order chi connectivity index (χ0) is 54.3. The SMILES string of the molecule is CC/C=C\C/C=C\C/C=C\C/C=C\C/C=C\C/C=C\CCCCCCCCC(=O)OCC(COC(=O)CCCCCCCCCCCCCCCCC)OC(=O)CCCCCCCCCCCCCCCCCCC. The second-order valence-electron chi connectivity index (χ2n) is 21.7. The third-order valence-corrected chi connectivity index (χ3v) is 14.2. The molecule has 0 amide bonds. The standard InChI is InChI=1S/C69H122O6/c1-4-7-10-13-16-19-22-25-28-30-31-32-33-34-35-36-37-39-41-44-47-50-53-56-59-62-68(71)74-65-66(64-73-67(70)61-58-55-52-49-46-43-40-27-24-21-18-15-12-9-6-3)75-69(72)63-60-57-54-51-48-45-42-38-29-26-23-20-17-14-11-8-5-2/h7,10,16,19,25,28,31-32,34-35,37,39,66H,4-6,8-9,11-15,17-18,20-24,26-27,29-30,33,36,38,40-65H2,1-3H3/b10-7-,19-16-,28-25-,32-31-,35-34-,39-37-. The summed E-state index contributed by atoms with van der Waals surface area (Å²) in [5.41, 5.74) is 0. The lowest BCUT2D eigenvalue weighted by molar-refractivity contribution is -0.167. The van der Waals surface area contributed by atoms with E-state index in [4.69, 9.17) is 14.2 Å². The fraction of sp³-hybridized carbons (Fsp3) is 0.783. The lowest BCUT2D eigenvalue weighted by atomic mass is 10.0. The van der Waals surface area contributed by atoms with Gasteiger partial charge in [-0.2, -0.15) is 0 Å². The van der Waals surface area contributed by atoms with Crippen molar-refractivity contribution in [2.24, 2.45) is 0 Å². The molecule has 0 aromatic heterocycles. The van der Waals surface area contributed by atoms with E-state index in [-0.39, 0.29) is 31.1 Å². The molecular weight excluding hydrogens is 925 g/mol. The normalized spacial score (nSPS) is 12.5. The van der Waals surface area contributed by atoms with Crippen LogP contribution in [0.3, 0.4) is 0 Å². The maximum Gasteiger partial charge on any atom is 0.306 e. The van der Waals surface area contributed by atoms with E-state index in [0.717, 1.165) is 103 Å². The number of carbonyl (C=O) groups excluding carboxylic acids is 3. The Bertz CT molecular complexity index is 1390. The van der Waals surface area contributed by atoms with Gasteiger partial charge in [0.25, 0.3) is 0 Å². The molecule has 0 saturated heterocycles. The second kappa shape index (κ2) is 63.4. The third kappa shape index (κ3) is 61.6. The van der Waals surface area contributed by atoms with Gasteiger partial charge in [-0.3, -0.25) is 14.4 Å². The number of hydrogen-bond donors (Lipinski definition) is 0. The van der Waals surface area contributed by atoms with Crippen molar-refractivity contribution in [1.82, 2.24) is 0 Å². The molecule has 0 aromatic carbocycles. The van der Waals surface area contributed by atoms with Gasteiger partial charge in [-0.15, -0.1) is 0 Å². The summed E-state index contributed by atoms with van der Waals surface area (Å²) in [5, 5.41) is 0. The van der Waals surface area contributed by atoms with E-state index >= 15 is 0 Å². The Morgan fingerprint density at radius 1 is 0.280 bits per heavy atom. The Kier molecular flexibility index (Phi) is 60.7. The van der Waals surface area contributed by atoms with Gasteiger partial charge in [-0.1, -0.05) is 312 Å². The number of ether oxygens (including phenoxy) is 3. The maximum absolute atomic E-state index is 12.9. The molecule has 1 atom stereocenters. The molecule has 75 heavy (non-hydrogen) atoms. The first kappa shape index (κ1) is 71.8. The summed E-state index contributed by atoms with van der Waals surface area (Å²) in [7, 11) is 0. The summed E-state index contributed by atoms with van der Waals surface area (Å²) in [6.07, 6.45) is 81.9. The molecular formula is C69H122O6. The minimum Gasteiger partial charge on any atom is -0.462 e. The van der Waals surface area contributed by atoms with E-state index in [1.807, 2.05) is 0 Å². The molecule has 0 rings (SSSR count). The predicted octanol–water partition coefficient (Wildman–Crippen LogP) is 22.1. The fourth-order valence-corrected chi connectivity index (χ4v) is 9.39. The number of allylic oxidation sites excluding steroid dienone is 12. The van der Waals surface area contributed by atoms with Gasteiger partial charge in [0.2, 0.25) is 0 Å². The van der Waals surface area contributed by atoms with Crippen molar-refractivity contribution in [2.45, 2.75) is 335 Å². The number of rotatable bonds is 59. The van der Waals surface area contributed by atoms with Crippen LogP contribution in [0.2, 0.25) is 0 Å². The van der Waals surface area contributed by atoms with Crippen molar-refractivity contribution in [3.05, 3.63) is 72.9 Å². The first-order valence-electron chi connectivity index (χ1n) is 32.4. The van der Waals surface area contributed by atoms with E-state index in [1.165, 1.54) is 186 Å². The number of unbranched alkanes of at least 4 members (excludes halogenated alkanes) is 36. The average molecular weight is 1050 g/mol. The van der Waals surface area contributed by atoms with Gasteiger partial charge in [-0.25, -0.2) is 0 Å². The second-order valence-corrected chi connectivity index (χ2v) is 21.7. The fourth-order valence-electron chi connectivity index (χ4n) is 9.39. The minimum absolute atomic E-state index is 0.0752. The largest absolute Gasteiger partial charge is 0.462 e. The number of hydrogen-bond acceptors (Lipinski definition) is 6. The zero-order valence-electron chi connectivity index (χ0n) is 49.8. The van der Waals surface area contributed by atoms with Crippen molar-refractivity contribution >= 4 is 17.9 Å². The van der Waals surface area contributed by atoms with Gasteiger partial charge < -0.3 is 14.2 Å². The lowest BCUT2D eigenvalue weighted by Gasteiger charge is -2.18. The van der Waals surface area contributed by atoms with Gasteiger partial charge >= 0.3 is 17.9 Å². The lowest BCUT2D eigenvalue weighted by Crippen LogP contribution is -2.30. The number of carbonyl (C=O) groups is 3. The molecule has 0 saturated carbocycles. The summed E-state index contributed by atoms with van der Waals surface area (Å²) < 4.78 is 16.9. The molecule has 0 radical (unpaired) electrons. The highest BCUT2D eigenvalue weighted by molar-refractivity contribution is 5.71. The van der Waals surface area contributed by atoms with Gasteiger partial charge in [0.15, 0.2) is 6.10 Å². The summed E-state index contributed by atoms with van der Waals surface area (Å²) in [5.74, 6) is -0.870. The van der Waals surface area contributed by atoms with Crippen LogP contribution in [0.25, 0.3) is 0 Å². The van der Waals surface area contributed by atoms with Crippen LogP contribution >= 0.6 is 0 Å². The molecule has 0 fully saturated rings. The van der Waals surface area contributed by atoms with Crippen molar-refractivity contribution in [3.8, 4) is 0 Å². The van der Waals surface area contributed by atoms with E-state index in [2.05, 4.69) is 93.7 Å². The third-order valence-electron chi connectivity index (χ3n) is 14.2. The van der Waals surface area contributed by atoms with Crippen LogP contribution in [-0.4, -0.2) is 37.2 Å². The molecule has 0 aliphatic rings. The summed E-state index contributed by atoms with van der Waals surface area (Å²) in [6, 6.07) is 0. The molecule has 6 nitrogen and oxygen atoms in total. The Morgan fingerprint density at radius 3 is 0.813 bits per heavy atom. The van der Waals surface area contributed by atoms with E-state index in [9.17, 15) is 14.4 Å². The van der Waals surface area contributed by atoms with Crippen molar-refractivity contribution < 1.29 is 28.6 Å². The van der Waals surface area contributed by atoms with Crippen LogP contribution in [0.1, 0.15) is 329 Å². The molecule has 0 aliphatic heterocycles. The first-order chi connectivity index (χ1) is 37.0. The molecule has 1 unspecified atom stereocenters. The topological polar surface area (TPSA) is 78.9 Å². The monoisotopic (exact) mass is 1050 g/mol. The van der Waals surface area contributed by atoms with E-state index in [0.29, 0.717) is 19.3 Å². The smallest absolute Gasteiger partial charge is 0.306 e. The van der Waals surface area contributed by atoms with Crippen molar-refractivity contribution in [3.63, 3.8) is 0 Å². The van der Waals surface area contributed by atoms with Crippen LogP contribution in [0.5, 0.6) is 0 Å².